The van der Waals surface area contributed by atoms with Crippen LogP contribution in [-0.4, -0.2) is 15.6 Å². The summed E-state index contributed by atoms with van der Waals surface area (Å²) in [7, 11) is 1.90. The molecule has 1 aromatic carbocycles. The Labute approximate surface area is 119 Å². The molecule has 1 aromatic heterocycles. The first-order valence-corrected chi connectivity index (χ1v) is 6.92. The number of hydrogen-bond donors (Lipinski definition) is 0. The number of nitrogens with zero attached hydrogens (tertiary/aromatic N) is 2. The molecule has 0 N–H and O–H groups in total. The summed E-state index contributed by atoms with van der Waals surface area (Å²) in [4.78, 5) is 11.9. The summed E-state index contributed by atoms with van der Waals surface area (Å²) in [5, 5.41) is 4.38. The zero-order valence-electron chi connectivity index (χ0n) is 12.2. The summed E-state index contributed by atoms with van der Waals surface area (Å²) >= 11 is 0. The maximum atomic E-state index is 11.9. The third kappa shape index (κ3) is 3.07. The van der Waals surface area contributed by atoms with Crippen molar-refractivity contribution in [2.75, 3.05) is 0 Å². The number of benzene rings is 1. The smallest absolute Gasteiger partial charge is 0.166 e. The molecule has 0 aliphatic heterocycles. The number of aromatic nitrogens is 2. The van der Waals surface area contributed by atoms with Crippen LogP contribution in [0.25, 0.3) is 0 Å². The van der Waals surface area contributed by atoms with Crippen molar-refractivity contribution < 1.29 is 9.53 Å². The van der Waals surface area contributed by atoms with Crippen LogP contribution >= 0.6 is 0 Å². The van der Waals surface area contributed by atoms with E-state index >= 15 is 0 Å². The van der Waals surface area contributed by atoms with Gasteiger partial charge in [0.2, 0.25) is 0 Å². The molecule has 0 aliphatic carbocycles. The Hall–Kier alpha value is -2.10. The monoisotopic (exact) mass is 272 g/mol. The highest BCUT2D eigenvalue weighted by molar-refractivity contribution is 5.98. The van der Waals surface area contributed by atoms with Crippen LogP contribution in [0.5, 0.6) is 5.75 Å². The standard InChI is InChI=1S/C16H20N2O2/c1-4-12-10-13(18(3)17-12)11-20-16-9-7-6-8-14(16)15(19)5-2/h6-10H,4-5,11H2,1-3H3. The first-order valence-electron chi connectivity index (χ1n) is 6.92. The molecule has 20 heavy (non-hydrogen) atoms. The second-order valence-electron chi connectivity index (χ2n) is 4.67. The van der Waals surface area contributed by atoms with Gasteiger partial charge in [0.15, 0.2) is 5.78 Å². The number of carbonyl (C=O) groups excluding carboxylic acids is 1. The van der Waals surface area contributed by atoms with Gasteiger partial charge in [0.1, 0.15) is 12.4 Å². The van der Waals surface area contributed by atoms with Crippen LogP contribution in [0.3, 0.4) is 0 Å². The predicted octanol–water partition coefficient (Wildman–Crippen LogP) is 3.15. The lowest BCUT2D eigenvalue weighted by atomic mass is 10.1. The van der Waals surface area contributed by atoms with Gasteiger partial charge in [-0.25, -0.2) is 0 Å². The Bertz CT molecular complexity index is 602. The summed E-state index contributed by atoms with van der Waals surface area (Å²) < 4.78 is 7.63. The lowest BCUT2D eigenvalue weighted by Gasteiger charge is -2.10. The zero-order chi connectivity index (χ0) is 14.5. The van der Waals surface area contributed by atoms with Gasteiger partial charge < -0.3 is 4.74 Å². The molecule has 0 amide bonds. The number of rotatable bonds is 6. The minimum atomic E-state index is 0.0971. The summed E-state index contributed by atoms with van der Waals surface area (Å²) in [6, 6.07) is 9.41. The van der Waals surface area contributed by atoms with Crippen LogP contribution in [0.4, 0.5) is 0 Å². The van der Waals surface area contributed by atoms with E-state index < -0.39 is 0 Å². The summed E-state index contributed by atoms with van der Waals surface area (Å²) in [6.45, 7) is 4.34. The van der Waals surface area contributed by atoms with E-state index in [9.17, 15) is 4.79 Å². The molecule has 0 saturated carbocycles. The predicted molar refractivity (Wildman–Crippen MR) is 78.0 cm³/mol. The maximum Gasteiger partial charge on any atom is 0.166 e. The number of para-hydroxylation sites is 1. The minimum absolute atomic E-state index is 0.0971. The molecule has 0 fully saturated rings. The Kier molecular flexibility index (Phi) is 4.56. The molecule has 1 heterocycles. The number of Topliss-reactive ketones (excluding diaryl/α,β-unsaturated/α-hetero) is 1. The molecule has 106 valence electrons. The van der Waals surface area contributed by atoms with Gasteiger partial charge in [-0.15, -0.1) is 0 Å². The van der Waals surface area contributed by atoms with Crippen molar-refractivity contribution in [3.05, 3.63) is 47.3 Å². The van der Waals surface area contributed by atoms with Crippen molar-refractivity contribution in [3.63, 3.8) is 0 Å². The van der Waals surface area contributed by atoms with E-state index in [4.69, 9.17) is 4.74 Å². The second kappa shape index (κ2) is 6.37. The minimum Gasteiger partial charge on any atom is -0.487 e. The van der Waals surface area contributed by atoms with Gasteiger partial charge in [-0.1, -0.05) is 26.0 Å². The number of hydrogen-bond acceptors (Lipinski definition) is 3. The third-order valence-electron chi connectivity index (χ3n) is 3.27. The Morgan fingerprint density at radius 2 is 2.05 bits per heavy atom. The van der Waals surface area contributed by atoms with Crippen molar-refractivity contribution in [3.8, 4) is 5.75 Å². The van der Waals surface area contributed by atoms with Gasteiger partial charge in [0, 0.05) is 13.5 Å². The van der Waals surface area contributed by atoms with E-state index in [2.05, 4.69) is 12.0 Å². The molecule has 0 unspecified atom stereocenters. The molecule has 0 saturated heterocycles. The highest BCUT2D eigenvalue weighted by Gasteiger charge is 2.11. The van der Waals surface area contributed by atoms with Crippen LogP contribution < -0.4 is 4.74 Å². The molecule has 0 aliphatic rings. The van der Waals surface area contributed by atoms with Crippen molar-refractivity contribution in [1.29, 1.82) is 0 Å². The molecule has 2 rings (SSSR count). The molecule has 0 spiro atoms. The molecule has 0 atom stereocenters. The van der Waals surface area contributed by atoms with Gasteiger partial charge in [-0.3, -0.25) is 9.48 Å². The Morgan fingerprint density at radius 1 is 1.30 bits per heavy atom. The summed E-state index contributed by atoms with van der Waals surface area (Å²) in [6.07, 6.45) is 1.38. The zero-order valence-corrected chi connectivity index (χ0v) is 12.2. The molecular formula is C16H20N2O2. The fraction of sp³-hybridized carbons (Fsp3) is 0.375. The third-order valence-corrected chi connectivity index (χ3v) is 3.27. The van der Waals surface area contributed by atoms with Crippen LogP contribution in [0.1, 0.15) is 42.0 Å². The van der Waals surface area contributed by atoms with Crippen LogP contribution in [0.15, 0.2) is 30.3 Å². The molecule has 0 radical (unpaired) electrons. The fourth-order valence-electron chi connectivity index (χ4n) is 2.04. The van der Waals surface area contributed by atoms with Crippen LogP contribution in [0.2, 0.25) is 0 Å². The number of carbonyl (C=O) groups is 1. The molecule has 4 heteroatoms. The van der Waals surface area contributed by atoms with Crippen molar-refractivity contribution >= 4 is 5.78 Å². The highest BCUT2D eigenvalue weighted by Crippen LogP contribution is 2.21. The second-order valence-corrected chi connectivity index (χ2v) is 4.67. The van der Waals surface area contributed by atoms with Gasteiger partial charge in [-0.2, -0.15) is 5.10 Å². The first kappa shape index (κ1) is 14.3. The molecule has 4 nitrogen and oxygen atoms in total. The van der Waals surface area contributed by atoms with Crippen LogP contribution in [-0.2, 0) is 20.1 Å². The highest BCUT2D eigenvalue weighted by atomic mass is 16.5. The van der Waals surface area contributed by atoms with E-state index in [1.54, 1.807) is 0 Å². The van der Waals surface area contributed by atoms with Crippen molar-refractivity contribution in [1.82, 2.24) is 9.78 Å². The van der Waals surface area contributed by atoms with E-state index in [1.165, 1.54) is 0 Å². The van der Waals surface area contributed by atoms with E-state index in [0.29, 0.717) is 24.3 Å². The van der Waals surface area contributed by atoms with E-state index in [-0.39, 0.29) is 5.78 Å². The first-order chi connectivity index (χ1) is 9.65. The molecule has 2 aromatic rings. The maximum absolute atomic E-state index is 11.9. The largest absolute Gasteiger partial charge is 0.487 e. The lowest BCUT2D eigenvalue weighted by Crippen LogP contribution is -2.06. The summed E-state index contributed by atoms with van der Waals surface area (Å²) in [5.41, 5.74) is 2.69. The summed E-state index contributed by atoms with van der Waals surface area (Å²) in [5.74, 6) is 0.735. The van der Waals surface area contributed by atoms with E-state index in [0.717, 1.165) is 17.8 Å². The number of aryl methyl sites for hydroxylation is 2. The molecule has 0 bridgehead atoms. The topological polar surface area (TPSA) is 44.1 Å². The average molecular weight is 272 g/mol. The quantitative estimate of drug-likeness (QED) is 0.759. The number of ether oxygens (including phenoxy) is 1. The average Bonchev–Trinajstić information content (AvgIpc) is 2.85. The van der Waals surface area contributed by atoms with Gasteiger partial charge in [-0.05, 0) is 24.6 Å². The lowest BCUT2D eigenvalue weighted by molar-refractivity contribution is 0.0983. The van der Waals surface area contributed by atoms with Gasteiger partial charge >= 0.3 is 0 Å². The Balaban J connectivity index is 2.14. The number of ketones is 1. The van der Waals surface area contributed by atoms with Crippen LogP contribution in [0, 0.1) is 0 Å². The van der Waals surface area contributed by atoms with Crippen molar-refractivity contribution in [2.45, 2.75) is 33.3 Å². The van der Waals surface area contributed by atoms with E-state index in [1.807, 2.05) is 49.0 Å². The normalized spacial score (nSPS) is 10.6. The molecular weight excluding hydrogens is 252 g/mol. The fourth-order valence-corrected chi connectivity index (χ4v) is 2.04. The van der Waals surface area contributed by atoms with Gasteiger partial charge in [0.25, 0.3) is 0 Å². The SMILES string of the molecule is CCC(=O)c1ccccc1OCc1cc(CC)nn1C. The van der Waals surface area contributed by atoms with Gasteiger partial charge in [0.05, 0.1) is 17.0 Å². The van der Waals surface area contributed by atoms with Crippen molar-refractivity contribution in [2.24, 2.45) is 7.05 Å². The Morgan fingerprint density at radius 3 is 2.70 bits per heavy atom.